The lowest BCUT2D eigenvalue weighted by molar-refractivity contribution is -0.193. The molecule has 2 fully saturated rings. The van der Waals surface area contributed by atoms with Crippen molar-refractivity contribution in [2.45, 2.75) is 58.7 Å². The summed E-state index contributed by atoms with van der Waals surface area (Å²) in [7, 11) is 0. The van der Waals surface area contributed by atoms with Crippen molar-refractivity contribution in [1.82, 2.24) is 5.32 Å². The van der Waals surface area contributed by atoms with Gasteiger partial charge in [0.25, 0.3) is 0 Å². The molecule has 1 N–H and O–H groups in total. The Balaban J connectivity index is 1.87. The average molecular weight is 257 g/mol. The third kappa shape index (κ3) is 2.66. The van der Waals surface area contributed by atoms with Crippen molar-refractivity contribution in [1.29, 1.82) is 0 Å². The molecular weight excluding hydrogens is 230 g/mol. The highest BCUT2D eigenvalue weighted by Gasteiger charge is 2.57. The molecule has 0 radical (unpaired) electrons. The van der Waals surface area contributed by atoms with Crippen LogP contribution in [0.25, 0.3) is 0 Å². The molecule has 100 valence electrons. The van der Waals surface area contributed by atoms with E-state index in [9.17, 15) is 0 Å². The van der Waals surface area contributed by atoms with Gasteiger partial charge < -0.3 is 10.1 Å². The van der Waals surface area contributed by atoms with Gasteiger partial charge in [-0.25, -0.2) is 0 Å². The molecule has 0 aromatic heterocycles. The van der Waals surface area contributed by atoms with Gasteiger partial charge in [-0.1, -0.05) is 20.8 Å². The lowest BCUT2D eigenvalue weighted by Gasteiger charge is -2.60. The lowest BCUT2D eigenvalue weighted by Crippen LogP contribution is -2.70. The first-order valence-corrected chi connectivity index (χ1v) is 8.18. The zero-order chi connectivity index (χ0) is 12.5. The van der Waals surface area contributed by atoms with Crippen LogP contribution in [0.15, 0.2) is 0 Å². The number of hydrogen-bond acceptors (Lipinski definition) is 3. The SMILES string of the molecule is CCSCC(C)NC1C2CCCOC2C1(C)C. The summed E-state index contributed by atoms with van der Waals surface area (Å²) in [6.07, 6.45) is 3.09. The normalized spacial score (nSPS) is 37.1. The Labute approximate surface area is 110 Å². The van der Waals surface area contributed by atoms with Crippen molar-refractivity contribution in [2.24, 2.45) is 11.3 Å². The average Bonchev–Trinajstić information content (AvgIpc) is 2.33. The quantitative estimate of drug-likeness (QED) is 0.818. The molecule has 0 bridgehead atoms. The molecule has 0 aromatic rings. The van der Waals surface area contributed by atoms with Crippen LogP contribution in [0, 0.1) is 11.3 Å². The lowest BCUT2D eigenvalue weighted by atomic mass is 9.55. The molecule has 4 atom stereocenters. The largest absolute Gasteiger partial charge is 0.377 e. The Morgan fingerprint density at radius 1 is 1.47 bits per heavy atom. The topological polar surface area (TPSA) is 21.3 Å². The van der Waals surface area contributed by atoms with Gasteiger partial charge in [-0.15, -0.1) is 0 Å². The van der Waals surface area contributed by atoms with Crippen LogP contribution in [0.1, 0.15) is 40.5 Å². The number of ether oxygens (including phenoxy) is 1. The van der Waals surface area contributed by atoms with Gasteiger partial charge in [0.05, 0.1) is 6.10 Å². The van der Waals surface area contributed by atoms with E-state index in [2.05, 4.69) is 33.0 Å². The Hall–Kier alpha value is 0.270. The Morgan fingerprint density at radius 3 is 2.94 bits per heavy atom. The van der Waals surface area contributed by atoms with Crippen molar-refractivity contribution in [3.05, 3.63) is 0 Å². The van der Waals surface area contributed by atoms with Crippen LogP contribution in [-0.2, 0) is 4.74 Å². The fourth-order valence-corrected chi connectivity index (χ4v) is 4.20. The number of nitrogens with one attached hydrogen (secondary N) is 1. The first kappa shape index (κ1) is 13.7. The van der Waals surface area contributed by atoms with Crippen LogP contribution < -0.4 is 5.32 Å². The Bertz CT molecular complexity index is 257. The Kier molecular flexibility index (Phi) is 4.43. The molecule has 1 saturated carbocycles. The highest BCUT2D eigenvalue weighted by molar-refractivity contribution is 7.99. The summed E-state index contributed by atoms with van der Waals surface area (Å²) < 4.78 is 5.94. The van der Waals surface area contributed by atoms with E-state index in [0.29, 0.717) is 23.6 Å². The maximum absolute atomic E-state index is 5.94. The molecule has 0 amide bonds. The molecule has 1 saturated heterocycles. The fourth-order valence-electron chi connectivity index (χ4n) is 3.51. The molecule has 1 aliphatic heterocycles. The van der Waals surface area contributed by atoms with Crippen LogP contribution in [0.3, 0.4) is 0 Å². The molecule has 0 spiro atoms. The smallest absolute Gasteiger partial charge is 0.0684 e. The molecular formula is C14H27NOS. The fraction of sp³-hybridized carbons (Fsp3) is 1.00. The molecule has 4 unspecified atom stereocenters. The molecule has 1 aliphatic carbocycles. The van der Waals surface area contributed by atoms with Gasteiger partial charge in [-0.2, -0.15) is 11.8 Å². The van der Waals surface area contributed by atoms with Gasteiger partial charge in [0, 0.05) is 35.8 Å². The van der Waals surface area contributed by atoms with Crippen LogP contribution in [-0.4, -0.2) is 36.3 Å². The van der Waals surface area contributed by atoms with Gasteiger partial charge in [0.1, 0.15) is 0 Å². The standard InChI is InChI=1S/C14H27NOS/c1-5-17-9-10(2)15-12-11-7-6-8-16-13(11)14(12,3)4/h10-13,15H,5-9H2,1-4H3. The highest BCUT2D eigenvalue weighted by atomic mass is 32.2. The van der Waals surface area contributed by atoms with Gasteiger partial charge in [0.2, 0.25) is 0 Å². The molecule has 0 aromatic carbocycles. The molecule has 2 nitrogen and oxygen atoms in total. The van der Waals surface area contributed by atoms with Gasteiger partial charge >= 0.3 is 0 Å². The minimum atomic E-state index is 0.316. The number of rotatable bonds is 5. The molecule has 17 heavy (non-hydrogen) atoms. The number of fused-ring (bicyclic) bond motifs is 1. The summed E-state index contributed by atoms with van der Waals surface area (Å²) in [5.74, 6) is 3.20. The second-order valence-electron chi connectivity index (χ2n) is 6.12. The predicted molar refractivity (Wildman–Crippen MR) is 75.6 cm³/mol. The summed E-state index contributed by atoms with van der Waals surface area (Å²) in [5.41, 5.74) is 0.316. The van der Waals surface area contributed by atoms with Crippen LogP contribution in [0.5, 0.6) is 0 Å². The van der Waals surface area contributed by atoms with E-state index >= 15 is 0 Å². The van der Waals surface area contributed by atoms with Crippen molar-refractivity contribution in [3.63, 3.8) is 0 Å². The summed E-state index contributed by atoms with van der Waals surface area (Å²) in [6.45, 7) is 10.2. The van der Waals surface area contributed by atoms with Crippen molar-refractivity contribution < 1.29 is 4.74 Å². The molecule has 2 rings (SSSR count). The summed E-state index contributed by atoms with van der Waals surface area (Å²) in [4.78, 5) is 0. The molecule has 2 aliphatic rings. The minimum Gasteiger partial charge on any atom is -0.377 e. The zero-order valence-corrected chi connectivity index (χ0v) is 12.5. The van der Waals surface area contributed by atoms with E-state index in [-0.39, 0.29) is 0 Å². The first-order chi connectivity index (χ1) is 8.07. The van der Waals surface area contributed by atoms with E-state index in [1.165, 1.54) is 24.3 Å². The van der Waals surface area contributed by atoms with Gasteiger partial charge in [0.15, 0.2) is 0 Å². The third-order valence-electron chi connectivity index (χ3n) is 4.37. The van der Waals surface area contributed by atoms with E-state index in [4.69, 9.17) is 4.74 Å². The summed E-state index contributed by atoms with van der Waals surface area (Å²) in [5, 5.41) is 3.84. The van der Waals surface area contributed by atoms with Gasteiger partial charge in [-0.3, -0.25) is 0 Å². The van der Waals surface area contributed by atoms with E-state index in [1.807, 2.05) is 11.8 Å². The second kappa shape index (κ2) is 5.50. The monoisotopic (exact) mass is 257 g/mol. The van der Waals surface area contributed by atoms with E-state index < -0.39 is 0 Å². The molecule has 3 heteroatoms. The van der Waals surface area contributed by atoms with E-state index in [1.54, 1.807) is 0 Å². The van der Waals surface area contributed by atoms with Crippen molar-refractivity contribution in [3.8, 4) is 0 Å². The second-order valence-corrected chi connectivity index (χ2v) is 7.44. The predicted octanol–water partition coefficient (Wildman–Crippen LogP) is 2.92. The van der Waals surface area contributed by atoms with Crippen LogP contribution >= 0.6 is 11.8 Å². The van der Waals surface area contributed by atoms with Crippen LogP contribution in [0.4, 0.5) is 0 Å². The summed E-state index contributed by atoms with van der Waals surface area (Å²) in [6, 6.07) is 1.27. The molecule has 1 heterocycles. The van der Waals surface area contributed by atoms with Crippen molar-refractivity contribution in [2.75, 3.05) is 18.1 Å². The van der Waals surface area contributed by atoms with E-state index in [0.717, 1.165) is 12.5 Å². The maximum atomic E-state index is 5.94. The zero-order valence-electron chi connectivity index (χ0n) is 11.7. The number of hydrogen-bond donors (Lipinski definition) is 1. The summed E-state index contributed by atoms with van der Waals surface area (Å²) >= 11 is 2.03. The minimum absolute atomic E-state index is 0.316. The number of thioether (sulfide) groups is 1. The first-order valence-electron chi connectivity index (χ1n) is 7.02. The van der Waals surface area contributed by atoms with Gasteiger partial charge in [-0.05, 0) is 25.5 Å². The van der Waals surface area contributed by atoms with Crippen LogP contribution in [0.2, 0.25) is 0 Å². The highest BCUT2D eigenvalue weighted by Crippen LogP contribution is 2.51. The van der Waals surface area contributed by atoms with Crippen molar-refractivity contribution >= 4 is 11.8 Å². The third-order valence-corrected chi connectivity index (χ3v) is 5.51. The maximum Gasteiger partial charge on any atom is 0.0684 e. The Morgan fingerprint density at radius 2 is 2.24 bits per heavy atom.